The summed E-state index contributed by atoms with van der Waals surface area (Å²) in [5.74, 6) is -0.659. The van der Waals surface area contributed by atoms with Crippen LogP contribution in [-0.4, -0.2) is 35.5 Å². The molecule has 1 aliphatic rings. The molecule has 0 aliphatic carbocycles. The molecule has 1 aliphatic heterocycles. The monoisotopic (exact) mass is 378 g/mol. The van der Waals surface area contributed by atoms with Gasteiger partial charge in [-0.1, -0.05) is 42.5 Å². The molecule has 1 atom stereocenters. The predicted molar refractivity (Wildman–Crippen MR) is 103 cm³/mol. The molecule has 0 spiro atoms. The molecule has 1 aromatic heterocycles. The van der Waals surface area contributed by atoms with Crippen LogP contribution in [0.15, 0.2) is 71.5 Å². The van der Waals surface area contributed by atoms with Crippen molar-refractivity contribution < 1.29 is 13.9 Å². The average Bonchev–Trinajstić information content (AvgIpc) is 2.74. The maximum Gasteiger partial charge on any atom is 0.261 e. The third-order valence-electron chi connectivity index (χ3n) is 4.82. The molecule has 0 saturated carbocycles. The molecule has 2 heterocycles. The highest BCUT2D eigenvalue weighted by atomic mass is 19.1. The number of carbonyl (C=O) groups excluding carboxylic acids is 1. The van der Waals surface area contributed by atoms with Crippen LogP contribution in [0.5, 0.6) is 0 Å². The van der Waals surface area contributed by atoms with Crippen LogP contribution in [0.3, 0.4) is 0 Å². The van der Waals surface area contributed by atoms with Gasteiger partial charge < -0.3 is 14.6 Å². The number of rotatable bonds is 3. The number of morpholine rings is 1. The van der Waals surface area contributed by atoms with E-state index in [0.717, 1.165) is 11.1 Å². The molecule has 1 fully saturated rings. The van der Waals surface area contributed by atoms with Gasteiger partial charge >= 0.3 is 0 Å². The molecule has 1 amide bonds. The molecule has 4 rings (SSSR count). The third kappa shape index (κ3) is 3.73. The maximum absolute atomic E-state index is 13.1. The predicted octanol–water partition coefficient (Wildman–Crippen LogP) is 3.39. The first-order valence-corrected chi connectivity index (χ1v) is 9.07. The SMILES string of the molecule is O=C(c1ccc(-c2ccccc2)[nH]c1=O)N1CCO[C@@H](c2ccc(F)cc2)C1. The molecule has 1 saturated heterocycles. The first-order valence-electron chi connectivity index (χ1n) is 9.07. The molecule has 3 aromatic rings. The molecule has 6 heteroatoms. The zero-order chi connectivity index (χ0) is 19.5. The lowest BCUT2D eigenvalue weighted by atomic mass is 10.1. The second kappa shape index (κ2) is 7.78. The van der Waals surface area contributed by atoms with Crippen molar-refractivity contribution in [2.75, 3.05) is 19.7 Å². The molecule has 142 valence electrons. The van der Waals surface area contributed by atoms with Gasteiger partial charge in [0, 0.05) is 12.2 Å². The number of ether oxygens (including phenoxy) is 1. The maximum atomic E-state index is 13.1. The van der Waals surface area contributed by atoms with Gasteiger partial charge in [-0.2, -0.15) is 0 Å². The Morgan fingerprint density at radius 2 is 1.79 bits per heavy atom. The van der Waals surface area contributed by atoms with Crippen molar-refractivity contribution in [2.24, 2.45) is 0 Å². The van der Waals surface area contributed by atoms with Crippen molar-refractivity contribution >= 4 is 5.91 Å². The van der Waals surface area contributed by atoms with Gasteiger partial charge in [-0.25, -0.2) is 4.39 Å². The number of aromatic nitrogens is 1. The van der Waals surface area contributed by atoms with E-state index in [0.29, 0.717) is 25.4 Å². The lowest BCUT2D eigenvalue weighted by Gasteiger charge is -2.33. The first-order chi connectivity index (χ1) is 13.6. The molecule has 2 aromatic carbocycles. The minimum atomic E-state index is -0.420. The summed E-state index contributed by atoms with van der Waals surface area (Å²) in [6.07, 6.45) is -0.346. The summed E-state index contributed by atoms with van der Waals surface area (Å²) in [5.41, 5.74) is 2.01. The number of halogens is 1. The molecule has 0 radical (unpaired) electrons. The Morgan fingerprint density at radius 1 is 1.04 bits per heavy atom. The number of hydrogen-bond acceptors (Lipinski definition) is 3. The van der Waals surface area contributed by atoms with Gasteiger partial charge in [-0.05, 0) is 35.4 Å². The Kier molecular flexibility index (Phi) is 5.04. The Labute approximate surface area is 161 Å². The van der Waals surface area contributed by atoms with Crippen LogP contribution in [0.1, 0.15) is 22.0 Å². The minimum absolute atomic E-state index is 0.0967. The van der Waals surface area contributed by atoms with Gasteiger partial charge in [0.15, 0.2) is 0 Å². The van der Waals surface area contributed by atoms with Crippen LogP contribution >= 0.6 is 0 Å². The van der Waals surface area contributed by atoms with Gasteiger partial charge in [0.2, 0.25) is 0 Å². The van der Waals surface area contributed by atoms with E-state index in [4.69, 9.17) is 4.74 Å². The Balaban J connectivity index is 1.54. The zero-order valence-corrected chi connectivity index (χ0v) is 15.1. The van der Waals surface area contributed by atoms with Gasteiger partial charge in [0.25, 0.3) is 11.5 Å². The van der Waals surface area contributed by atoms with E-state index < -0.39 is 5.56 Å². The summed E-state index contributed by atoms with van der Waals surface area (Å²) in [7, 11) is 0. The van der Waals surface area contributed by atoms with E-state index in [-0.39, 0.29) is 23.4 Å². The van der Waals surface area contributed by atoms with Gasteiger partial charge in [0.05, 0.1) is 13.2 Å². The molecular formula is C22H19FN2O3. The Morgan fingerprint density at radius 3 is 2.50 bits per heavy atom. The standard InChI is InChI=1S/C22H19FN2O3/c23-17-8-6-16(7-9-17)20-14-25(12-13-28-20)22(27)18-10-11-19(24-21(18)26)15-4-2-1-3-5-15/h1-11,20H,12-14H2,(H,24,26)/t20-/m1/s1. The second-order valence-corrected chi connectivity index (χ2v) is 6.64. The van der Waals surface area contributed by atoms with Gasteiger partial charge in [-0.3, -0.25) is 9.59 Å². The summed E-state index contributed by atoms with van der Waals surface area (Å²) >= 11 is 0. The van der Waals surface area contributed by atoms with E-state index in [2.05, 4.69) is 4.98 Å². The van der Waals surface area contributed by atoms with Crippen molar-refractivity contribution in [3.8, 4) is 11.3 Å². The molecule has 1 N–H and O–H groups in total. The molecule has 0 unspecified atom stereocenters. The number of carbonyl (C=O) groups is 1. The second-order valence-electron chi connectivity index (χ2n) is 6.64. The summed E-state index contributed by atoms with van der Waals surface area (Å²) in [4.78, 5) is 29.8. The van der Waals surface area contributed by atoms with Crippen LogP contribution in [0, 0.1) is 5.82 Å². The normalized spacial score (nSPS) is 16.8. The zero-order valence-electron chi connectivity index (χ0n) is 15.1. The summed E-state index contributed by atoms with van der Waals surface area (Å²) in [6.45, 7) is 1.06. The van der Waals surface area contributed by atoms with E-state index in [1.807, 2.05) is 30.3 Å². The largest absolute Gasteiger partial charge is 0.370 e. The number of pyridine rings is 1. The van der Waals surface area contributed by atoms with E-state index in [1.54, 1.807) is 29.2 Å². The topological polar surface area (TPSA) is 62.4 Å². The fourth-order valence-electron chi connectivity index (χ4n) is 3.31. The quantitative estimate of drug-likeness (QED) is 0.760. The fraction of sp³-hybridized carbons (Fsp3) is 0.182. The number of hydrogen-bond donors (Lipinski definition) is 1. The number of aromatic amines is 1. The van der Waals surface area contributed by atoms with Crippen LogP contribution in [0.4, 0.5) is 4.39 Å². The summed E-state index contributed by atoms with van der Waals surface area (Å²) in [6, 6.07) is 18.8. The molecule has 5 nitrogen and oxygen atoms in total. The number of nitrogens with zero attached hydrogens (tertiary/aromatic N) is 1. The lowest BCUT2D eigenvalue weighted by Crippen LogP contribution is -2.43. The third-order valence-corrected chi connectivity index (χ3v) is 4.82. The van der Waals surface area contributed by atoms with Crippen LogP contribution < -0.4 is 5.56 Å². The fourth-order valence-corrected chi connectivity index (χ4v) is 3.31. The Hall–Kier alpha value is -3.25. The van der Waals surface area contributed by atoms with Gasteiger partial charge in [-0.15, -0.1) is 0 Å². The minimum Gasteiger partial charge on any atom is -0.370 e. The highest BCUT2D eigenvalue weighted by Crippen LogP contribution is 2.23. The van der Waals surface area contributed by atoms with Crippen molar-refractivity contribution in [3.63, 3.8) is 0 Å². The van der Waals surface area contributed by atoms with Crippen LogP contribution in [0.25, 0.3) is 11.3 Å². The molecule has 0 bridgehead atoms. The molecular weight excluding hydrogens is 359 g/mol. The highest BCUT2D eigenvalue weighted by molar-refractivity contribution is 5.94. The van der Waals surface area contributed by atoms with Crippen LogP contribution in [-0.2, 0) is 4.74 Å². The van der Waals surface area contributed by atoms with Crippen molar-refractivity contribution in [1.82, 2.24) is 9.88 Å². The highest BCUT2D eigenvalue weighted by Gasteiger charge is 2.27. The number of nitrogens with one attached hydrogen (secondary N) is 1. The van der Waals surface area contributed by atoms with E-state index in [9.17, 15) is 14.0 Å². The number of H-pyrrole nitrogens is 1. The summed E-state index contributed by atoms with van der Waals surface area (Å²) in [5, 5.41) is 0. The van der Waals surface area contributed by atoms with Crippen LogP contribution in [0.2, 0.25) is 0 Å². The smallest absolute Gasteiger partial charge is 0.261 e. The van der Waals surface area contributed by atoms with Crippen molar-refractivity contribution in [3.05, 3.63) is 94.0 Å². The number of amides is 1. The van der Waals surface area contributed by atoms with E-state index >= 15 is 0 Å². The average molecular weight is 378 g/mol. The summed E-state index contributed by atoms with van der Waals surface area (Å²) < 4.78 is 18.9. The number of benzene rings is 2. The Bertz CT molecular complexity index is 1030. The van der Waals surface area contributed by atoms with Crippen molar-refractivity contribution in [1.29, 1.82) is 0 Å². The van der Waals surface area contributed by atoms with E-state index in [1.165, 1.54) is 12.1 Å². The van der Waals surface area contributed by atoms with Crippen molar-refractivity contribution in [2.45, 2.75) is 6.10 Å². The lowest BCUT2D eigenvalue weighted by molar-refractivity contribution is -0.0229. The first kappa shape index (κ1) is 18.1. The molecule has 28 heavy (non-hydrogen) atoms. The van der Waals surface area contributed by atoms with Gasteiger partial charge in [0.1, 0.15) is 17.5 Å².